The SMILES string of the molecule is C.C.C.C.C.C.CC(C)C1(C)CC1.CC(C)C1CC1.CC(C)CC1CC1.CC(C)N1CCCC1.CC(C)N1CCCCC1.CC(C)N1CCCCC1.CC(C)c1ccc2ccccc2c1.CC(C)c1ccccc1F.Cc1ccc(C(C)C)cc1.Cc1ccc(C(C)C)cc1.Cc1ccccc1C(C)C.Cc1ccccc1C(C)C. The number of fused-ring (bicyclic) bond motifs is 1. The van der Waals surface area contributed by atoms with Gasteiger partial charge in [-0.3, -0.25) is 0 Å². The molecule has 0 spiro atoms. The first kappa shape index (κ1) is 118. The number of aryl methyl sites for hydroxylation is 4. The van der Waals surface area contributed by atoms with Crippen molar-refractivity contribution in [3.05, 3.63) is 225 Å². The first-order valence-corrected chi connectivity index (χ1v) is 44.2. The molecule has 0 radical (unpaired) electrons. The number of rotatable bonds is 13. The molecule has 3 aliphatic heterocycles. The highest BCUT2D eigenvalue weighted by Gasteiger charge is 2.39. The lowest BCUT2D eigenvalue weighted by Crippen LogP contribution is -2.35. The van der Waals surface area contributed by atoms with Crippen molar-refractivity contribution in [3.8, 4) is 0 Å². The summed E-state index contributed by atoms with van der Waals surface area (Å²) < 4.78 is 12.8. The van der Waals surface area contributed by atoms with Gasteiger partial charge in [0, 0.05) is 18.1 Å². The van der Waals surface area contributed by atoms with Gasteiger partial charge in [0.1, 0.15) is 5.82 Å². The largest absolute Gasteiger partial charge is 0.301 e. The summed E-state index contributed by atoms with van der Waals surface area (Å²) in [6, 6.07) is 58.9. The van der Waals surface area contributed by atoms with Gasteiger partial charge in [0.25, 0.3) is 0 Å². The summed E-state index contributed by atoms with van der Waals surface area (Å²) in [6.45, 7) is 72.6. The van der Waals surface area contributed by atoms with Crippen LogP contribution >= 0.6 is 0 Å². The molecule has 0 bridgehead atoms. The number of piperidine rings is 2. The van der Waals surface area contributed by atoms with Crippen molar-refractivity contribution < 1.29 is 4.39 Å². The van der Waals surface area contributed by atoms with Crippen LogP contribution < -0.4 is 0 Å². The molecule has 660 valence electrons. The van der Waals surface area contributed by atoms with Gasteiger partial charge in [-0.05, 0) is 311 Å². The molecule has 13 rings (SSSR count). The Morgan fingerprint density at radius 1 is 0.330 bits per heavy atom. The monoisotopic (exact) mass is 1590 g/mol. The molecule has 0 unspecified atom stereocenters. The first-order chi connectivity index (χ1) is 51.5. The van der Waals surface area contributed by atoms with Crippen LogP contribution in [-0.4, -0.2) is 72.1 Å². The van der Waals surface area contributed by atoms with Crippen LogP contribution in [0.5, 0.6) is 0 Å². The molecule has 6 aliphatic rings. The predicted molar refractivity (Wildman–Crippen MR) is 529 cm³/mol. The van der Waals surface area contributed by atoms with Crippen molar-refractivity contribution in [2.75, 3.05) is 39.3 Å². The Hall–Kier alpha value is -5.39. The average molecular weight is 1590 g/mol. The highest BCUT2D eigenvalue weighted by molar-refractivity contribution is 5.83. The van der Waals surface area contributed by atoms with Crippen molar-refractivity contribution in [3.63, 3.8) is 0 Å². The summed E-state index contributed by atoms with van der Waals surface area (Å²) in [5.41, 5.74) is 14.2. The minimum atomic E-state index is -0.0995. The minimum absolute atomic E-state index is 0. The van der Waals surface area contributed by atoms with Crippen molar-refractivity contribution in [1.29, 1.82) is 0 Å². The van der Waals surface area contributed by atoms with Gasteiger partial charge in [-0.25, -0.2) is 4.39 Å². The Morgan fingerprint density at radius 3 is 0.852 bits per heavy atom. The third-order valence-electron chi connectivity index (χ3n) is 22.7. The summed E-state index contributed by atoms with van der Waals surface area (Å²) in [5, 5.41) is 2.67. The Bertz CT molecular complexity index is 3160. The van der Waals surface area contributed by atoms with Gasteiger partial charge in [-0.15, -0.1) is 0 Å². The van der Waals surface area contributed by atoms with Crippen molar-refractivity contribution in [2.24, 2.45) is 35.0 Å². The van der Waals surface area contributed by atoms with Crippen molar-refractivity contribution in [2.45, 2.75) is 395 Å². The van der Waals surface area contributed by atoms with E-state index in [0.29, 0.717) is 29.6 Å². The molecule has 7 aromatic rings. The molecule has 0 N–H and O–H groups in total. The number of halogens is 1. The number of benzene rings is 7. The smallest absolute Gasteiger partial charge is 0.126 e. The lowest BCUT2D eigenvalue weighted by molar-refractivity contribution is 0.185. The van der Waals surface area contributed by atoms with Crippen LogP contribution in [0.2, 0.25) is 0 Å². The second-order valence-corrected chi connectivity index (χ2v) is 36.8. The quantitative estimate of drug-likeness (QED) is 0.114. The number of nitrogens with zero attached hydrogens (tertiary/aromatic N) is 3. The number of hydrogen-bond acceptors (Lipinski definition) is 3. The third kappa shape index (κ3) is 53.7. The van der Waals surface area contributed by atoms with Crippen LogP contribution in [0.15, 0.2) is 164 Å². The van der Waals surface area contributed by atoms with Crippen molar-refractivity contribution in [1.82, 2.24) is 14.7 Å². The summed E-state index contributed by atoms with van der Waals surface area (Å²) in [6.07, 6.45) is 21.8. The topological polar surface area (TPSA) is 9.72 Å². The summed E-state index contributed by atoms with van der Waals surface area (Å²) in [4.78, 5) is 7.65. The van der Waals surface area contributed by atoms with E-state index in [1.54, 1.807) is 6.07 Å². The summed E-state index contributed by atoms with van der Waals surface area (Å²) in [5.74, 6) is 8.45. The zero-order chi connectivity index (χ0) is 81.8. The second-order valence-electron chi connectivity index (χ2n) is 36.8. The van der Waals surface area contributed by atoms with Gasteiger partial charge < -0.3 is 14.7 Å². The predicted octanol–water partition coefficient (Wildman–Crippen LogP) is 35.4. The van der Waals surface area contributed by atoms with Crippen LogP contribution in [0.1, 0.15) is 405 Å². The van der Waals surface area contributed by atoms with Crippen LogP contribution in [0.3, 0.4) is 0 Å². The maximum atomic E-state index is 12.8. The Morgan fingerprint density at radius 2 is 0.635 bits per heavy atom. The summed E-state index contributed by atoms with van der Waals surface area (Å²) in [7, 11) is 0. The fourth-order valence-electron chi connectivity index (χ4n) is 13.6. The molecular formula is C111H194FN3. The fraction of sp³-hybridized carbons (Fsp3) is 0.640. The zero-order valence-corrected chi connectivity index (χ0v) is 76.2. The third-order valence-corrected chi connectivity index (χ3v) is 22.7. The molecular weight excluding hydrogens is 1390 g/mol. The molecule has 3 aliphatic carbocycles. The highest BCUT2D eigenvalue weighted by atomic mass is 19.1. The number of hydrogen-bond donors (Lipinski definition) is 0. The van der Waals surface area contributed by atoms with E-state index in [-0.39, 0.29) is 56.3 Å². The molecule has 7 aromatic carbocycles. The van der Waals surface area contributed by atoms with Gasteiger partial charge >= 0.3 is 0 Å². The minimum Gasteiger partial charge on any atom is -0.301 e. The van der Waals surface area contributed by atoms with Crippen LogP contribution in [0, 0.1) is 68.5 Å². The van der Waals surface area contributed by atoms with Gasteiger partial charge in [0.05, 0.1) is 0 Å². The van der Waals surface area contributed by atoms with E-state index in [9.17, 15) is 4.39 Å². The van der Waals surface area contributed by atoms with E-state index < -0.39 is 0 Å². The van der Waals surface area contributed by atoms with Crippen molar-refractivity contribution >= 4 is 10.8 Å². The molecule has 0 amide bonds. The fourth-order valence-corrected chi connectivity index (χ4v) is 13.6. The summed E-state index contributed by atoms with van der Waals surface area (Å²) >= 11 is 0. The molecule has 3 nitrogen and oxygen atoms in total. The van der Waals surface area contributed by atoms with Crippen LogP contribution in [-0.2, 0) is 0 Å². The Balaban J connectivity index is -0.000000382. The lowest BCUT2D eigenvalue weighted by Gasteiger charge is -2.29. The van der Waals surface area contributed by atoms with Crippen LogP contribution in [0.4, 0.5) is 4.39 Å². The zero-order valence-electron chi connectivity index (χ0n) is 76.2. The Kier molecular flexibility index (Phi) is 67.3. The molecule has 0 atom stereocenters. The van der Waals surface area contributed by atoms with Gasteiger partial charge in [0.2, 0.25) is 0 Å². The lowest BCUT2D eigenvalue weighted by atomic mass is 9.95. The maximum Gasteiger partial charge on any atom is 0.126 e. The molecule has 4 heteroatoms. The Labute approximate surface area is 720 Å². The molecule has 0 aromatic heterocycles. The van der Waals surface area contributed by atoms with E-state index in [1.807, 2.05) is 26.0 Å². The molecule has 3 saturated heterocycles. The molecule has 3 heterocycles. The van der Waals surface area contributed by atoms with Gasteiger partial charge in [-0.2, -0.15) is 0 Å². The molecule has 6 fully saturated rings. The van der Waals surface area contributed by atoms with E-state index in [1.165, 1.54) is 202 Å². The van der Waals surface area contributed by atoms with E-state index in [4.69, 9.17) is 0 Å². The molecule has 3 saturated carbocycles. The van der Waals surface area contributed by atoms with Crippen LogP contribution in [0.25, 0.3) is 10.8 Å². The maximum absolute atomic E-state index is 12.8. The van der Waals surface area contributed by atoms with Gasteiger partial charge in [0.15, 0.2) is 0 Å². The molecule has 115 heavy (non-hydrogen) atoms. The average Bonchev–Trinajstić information content (AvgIpc) is 1.70. The second kappa shape index (κ2) is 65.5. The van der Waals surface area contributed by atoms with E-state index in [2.05, 4.69) is 341 Å². The van der Waals surface area contributed by atoms with E-state index >= 15 is 0 Å². The number of likely N-dealkylation sites (tertiary alicyclic amines) is 3. The first-order valence-electron chi connectivity index (χ1n) is 44.2. The normalized spacial score (nSPS) is 15.0. The van der Waals surface area contributed by atoms with E-state index in [0.717, 1.165) is 58.7 Å². The standard InChI is InChI=1S/C13H14.4C10H14.C9H11F.2C8H17N.C7H15N.2C7H14.C6H12.6CH4/c1-10(2)12-8-7-11-5-3-4-6-13(11)9-12;2*1-8(2)10-6-4-9(3)5-7-10;2*1-8(2)10-7-5-4-6-9(10)3;1-7(2)8-5-3-4-6-9(8)10;2*1-8(2)9-6-4-3-5-7-9;1-7(2)8-5-3-4-6-8;1-6(2)7(3)4-5-7;1-6(2)5-7-3-4-7;1-5(2)6-3-4-6;;;;;;/h3-10H,1-2H3;4*4-8H,1-3H3;3-7H,1-2H3;2*8H,3-7H2,1-2H3;7H,3-6H2,1-2H3;6H,4-5H2,1-3H3;6-7H,3-5H2,1-2H3;5-6H,3-4H2,1-2H3;6*1H4. The highest BCUT2D eigenvalue weighted by Crippen LogP contribution is 2.51. The van der Waals surface area contributed by atoms with Gasteiger partial charge in [-0.1, -0.05) is 371 Å².